The predicted octanol–water partition coefficient (Wildman–Crippen LogP) is 9.92. The van der Waals surface area contributed by atoms with Crippen LogP contribution in [0.25, 0.3) is 33.9 Å². The van der Waals surface area contributed by atoms with Gasteiger partial charge in [0.15, 0.2) is 5.65 Å². The average Bonchev–Trinajstić information content (AvgIpc) is 3.96. The largest absolute Gasteiger partial charge is 0.497 e. The molecule has 4 aromatic heterocycles. The molecule has 5 heterocycles. The molecule has 15 heteroatoms. The van der Waals surface area contributed by atoms with E-state index in [0.717, 1.165) is 39.6 Å². The minimum absolute atomic E-state index is 0.0874. The van der Waals surface area contributed by atoms with E-state index in [4.69, 9.17) is 42.9 Å². The molecule has 0 saturated carbocycles. The lowest BCUT2D eigenvalue weighted by molar-refractivity contribution is -0.0912. The van der Waals surface area contributed by atoms with Gasteiger partial charge in [-0.05, 0) is 92.9 Å². The molecule has 65 heavy (non-hydrogen) atoms. The summed E-state index contributed by atoms with van der Waals surface area (Å²) < 4.78 is 43.4. The van der Waals surface area contributed by atoms with E-state index in [2.05, 4.69) is 60.5 Å². The highest BCUT2D eigenvalue weighted by molar-refractivity contribution is 7.44. The summed E-state index contributed by atoms with van der Waals surface area (Å²) in [7, 11) is 1.66. The maximum Gasteiger partial charge on any atom is 0.259 e. The molecule has 7 aromatic rings. The van der Waals surface area contributed by atoms with Crippen molar-refractivity contribution in [3.8, 4) is 40.3 Å². The number of hydrogen-bond donors (Lipinski definition) is 0. The molecule has 14 nitrogen and oxygen atoms in total. The molecule has 1 aliphatic rings. The second-order valence-electron chi connectivity index (χ2n) is 16.0. The highest BCUT2D eigenvalue weighted by Crippen LogP contribution is 2.51. The van der Waals surface area contributed by atoms with E-state index < -0.39 is 32.6 Å². The summed E-state index contributed by atoms with van der Waals surface area (Å²) in [6, 6.07) is 39.9. The first kappa shape index (κ1) is 45.4. The van der Waals surface area contributed by atoms with E-state index >= 15 is 0 Å². The van der Waals surface area contributed by atoms with Gasteiger partial charge in [0.2, 0.25) is 0 Å². The Labute approximate surface area is 381 Å². The van der Waals surface area contributed by atoms with Gasteiger partial charge in [-0.1, -0.05) is 66.7 Å². The van der Waals surface area contributed by atoms with Crippen molar-refractivity contribution in [2.45, 2.75) is 76.7 Å². The van der Waals surface area contributed by atoms with Crippen LogP contribution in [0.15, 0.2) is 134 Å². The zero-order valence-corrected chi connectivity index (χ0v) is 38.3. The van der Waals surface area contributed by atoms with Crippen molar-refractivity contribution in [1.82, 2.24) is 34.2 Å². The summed E-state index contributed by atoms with van der Waals surface area (Å²) in [4.78, 5) is 23.7. The van der Waals surface area contributed by atoms with Crippen LogP contribution in [0.5, 0.6) is 11.5 Å². The van der Waals surface area contributed by atoms with Crippen LogP contribution in [0.1, 0.15) is 63.5 Å². The number of rotatable bonds is 19. The van der Waals surface area contributed by atoms with Gasteiger partial charge in [0, 0.05) is 24.7 Å². The summed E-state index contributed by atoms with van der Waals surface area (Å²) >= 11 is 0. The SMILES string of the molecule is COc1ccc(C(OC[C@H]2O[C@@H](n3cnc4c(-c5cccc(-c6ccccn6)n5)ncnc43)C[C@@H]2OP(OCCC#N)N(C(C)C)C(C)C)(c2ccccc2)c2ccc(OC)cc2)cc1. The molecule has 334 valence electrons. The number of imidazole rings is 1. The van der Waals surface area contributed by atoms with Crippen molar-refractivity contribution in [2.24, 2.45) is 0 Å². The lowest BCUT2D eigenvalue weighted by Crippen LogP contribution is -2.39. The number of pyridine rings is 2. The zero-order chi connectivity index (χ0) is 45.3. The van der Waals surface area contributed by atoms with Gasteiger partial charge in [-0.2, -0.15) is 5.26 Å². The number of methoxy groups -OCH3 is 2. The first-order valence-corrected chi connectivity index (χ1v) is 22.8. The monoisotopic (exact) mass is 892 g/mol. The lowest BCUT2D eigenvalue weighted by atomic mass is 9.80. The van der Waals surface area contributed by atoms with Gasteiger partial charge in [0.1, 0.15) is 47.0 Å². The molecule has 0 N–H and O–H groups in total. The fourth-order valence-electron chi connectivity index (χ4n) is 8.30. The van der Waals surface area contributed by atoms with Gasteiger partial charge in [-0.15, -0.1) is 0 Å². The normalized spacial score (nSPS) is 16.9. The Morgan fingerprint density at radius 2 is 1.42 bits per heavy atom. The highest BCUT2D eigenvalue weighted by Gasteiger charge is 2.45. The predicted molar refractivity (Wildman–Crippen MR) is 249 cm³/mol. The molecule has 1 saturated heterocycles. The fourth-order valence-corrected chi connectivity index (χ4v) is 10.1. The third-order valence-corrected chi connectivity index (χ3v) is 13.4. The second-order valence-corrected chi connectivity index (χ2v) is 17.4. The van der Waals surface area contributed by atoms with Crippen LogP contribution in [0.3, 0.4) is 0 Å². The Morgan fingerprint density at radius 1 is 0.769 bits per heavy atom. The van der Waals surface area contributed by atoms with E-state index in [1.54, 1.807) is 26.7 Å². The minimum atomic E-state index is -1.65. The number of hydrogen-bond acceptors (Lipinski definition) is 13. The van der Waals surface area contributed by atoms with Crippen molar-refractivity contribution in [2.75, 3.05) is 27.4 Å². The van der Waals surface area contributed by atoms with Gasteiger partial charge in [-0.3, -0.25) is 9.55 Å². The third-order valence-electron chi connectivity index (χ3n) is 11.3. The summed E-state index contributed by atoms with van der Waals surface area (Å²) in [5.74, 6) is 1.45. The Bertz CT molecular complexity index is 2610. The number of nitrogens with zero attached hydrogens (tertiary/aromatic N) is 8. The molecule has 0 amide bonds. The fraction of sp³-hybridized carbons (Fsp3) is 0.320. The molecular weight excluding hydrogens is 840 g/mol. The molecule has 1 fully saturated rings. The molecule has 8 rings (SSSR count). The lowest BCUT2D eigenvalue weighted by Gasteiger charge is -2.39. The number of benzene rings is 3. The molecule has 1 aliphatic heterocycles. The standard InChI is InChI=1S/C50H53N8O6P/c1-34(2)58(35(3)4)65(62-29-13-27-51)64-44-30-46(57-33-55-48-47(53-32-54-49(48)57)43-18-12-17-42(56-43)41-16-10-11-28-52-41)63-45(44)31-61-50(36-14-8-7-9-15-36,37-19-23-39(59-5)24-20-37)38-21-25-40(60-6)26-22-38/h7-12,14-26,28,32-35,44-46H,13,29-31H2,1-6H3/t44-,45+,46+,65?/m0/s1. The van der Waals surface area contributed by atoms with Gasteiger partial charge in [0.25, 0.3) is 8.53 Å². The highest BCUT2D eigenvalue weighted by atomic mass is 31.2. The Hall–Kier alpha value is -6.17. The molecule has 1 unspecified atom stereocenters. The van der Waals surface area contributed by atoms with Crippen LogP contribution in [0.4, 0.5) is 0 Å². The van der Waals surface area contributed by atoms with Crippen LogP contribution in [-0.4, -0.2) is 85.9 Å². The minimum Gasteiger partial charge on any atom is -0.497 e. The average molecular weight is 893 g/mol. The number of aromatic nitrogens is 6. The van der Waals surface area contributed by atoms with E-state index in [0.29, 0.717) is 29.0 Å². The smallest absolute Gasteiger partial charge is 0.259 e. The third kappa shape index (κ3) is 9.77. The number of fused-ring (bicyclic) bond motifs is 1. The summed E-state index contributed by atoms with van der Waals surface area (Å²) in [6.07, 6.45) is 3.96. The van der Waals surface area contributed by atoms with Gasteiger partial charge in [0.05, 0.1) is 69.4 Å². The van der Waals surface area contributed by atoms with E-state index in [1.165, 1.54) is 6.33 Å². The van der Waals surface area contributed by atoms with Crippen molar-refractivity contribution in [1.29, 1.82) is 5.26 Å². The zero-order valence-electron chi connectivity index (χ0n) is 37.4. The van der Waals surface area contributed by atoms with Crippen molar-refractivity contribution in [3.63, 3.8) is 0 Å². The Balaban J connectivity index is 1.19. The molecule has 0 aliphatic carbocycles. The summed E-state index contributed by atoms with van der Waals surface area (Å²) in [5.41, 5.74) is 5.45. The van der Waals surface area contributed by atoms with Gasteiger partial charge in [-0.25, -0.2) is 24.6 Å². The number of nitriles is 1. The molecule has 0 bridgehead atoms. The molecule has 0 spiro atoms. The maximum absolute atomic E-state index is 9.48. The van der Waals surface area contributed by atoms with Crippen molar-refractivity contribution in [3.05, 3.63) is 151 Å². The van der Waals surface area contributed by atoms with Crippen LogP contribution >= 0.6 is 8.53 Å². The molecule has 4 atom stereocenters. The summed E-state index contributed by atoms with van der Waals surface area (Å²) in [5, 5.41) is 9.48. The molecule has 3 aromatic carbocycles. The van der Waals surface area contributed by atoms with Crippen LogP contribution in [0.2, 0.25) is 0 Å². The van der Waals surface area contributed by atoms with Gasteiger partial charge >= 0.3 is 0 Å². The molecule has 0 radical (unpaired) electrons. The maximum atomic E-state index is 9.48. The first-order chi connectivity index (χ1) is 31.7. The summed E-state index contributed by atoms with van der Waals surface area (Å²) in [6.45, 7) is 8.81. The van der Waals surface area contributed by atoms with Crippen molar-refractivity contribution < 1.29 is 28.0 Å². The van der Waals surface area contributed by atoms with E-state index in [9.17, 15) is 5.26 Å². The molecular formula is C50H53N8O6P. The van der Waals surface area contributed by atoms with Crippen LogP contribution in [0, 0.1) is 11.3 Å². The van der Waals surface area contributed by atoms with Crippen LogP contribution < -0.4 is 9.47 Å². The first-order valence-electron chi connectivity index (χ1n) is 21.7. The number of ether oxygens (including phenoxy) is 4. The van der Waals surface area contributed by atoms with Gasteiger partial charge < -0.3 is 28.0 Å². The Kier molecular flexibility index (Phi) is 14.5. The topological polar surface area (TPSA) is 152 Å². The van der Waals surface area contributed by atoms with Crippen molar-refractivity contribution >= 4 is 19.7 Å². The van der Waals surface area contributed by atoms with Crippen LogP contribution in [-0.2, 0) is 24.1 Å². The Morgan fingerprint density at radius 3 is 2.05 bits per heavy atom. The quantitative estimate of drug-likeness (QED) is 0.0431. The van der Waals surface area contributed by atoms with E-state index in [-0.39, 0.29) is 31.7 Å². The van der Waals surface area contributed by atoms with E-state index in [1.807, 2.05) is 108 Å². The second kappa shape index (κ2) is 20.8.